The second kappa shape index (κ2) is 5.27. The monoisotopic (exact) mass is 238 g/mol. The van der Waals surface area contributed by atoms with E-state index in [4.69, 9.17) is 11.6 Å². The molecule has 0 bridgehead atoms. The van der Waals surface area contributed by atoms with E-state index in [0.29, 0.717) is 5.03 Å². The van der Waals surface area contributed by atoms with E-state index >= 15 is 0 Å². The minimum Gasteiger partial charge on any atom is -0.338 e. The molecule has 4 nitrogen and oxygen atoms in total. The average Bonchev–Trinajstić information content (AvgIpc) is 2.30. The van der Waals surface area contributed by atoms with Gasteiger partial charge < -0.3 is 4.90 Å². The number of anilines is 1. The van der Waals surface area contributed by atoms with E-state index in [0.717, 1.165) is 38.7 Å². The SMILES string of the molecule is C=C(Cl)CN1CCN(c2ncccn2)CC1. The van der Waals surface area contributed by atoms with Crippen LogP contribution in [0.2, 0.25) is 0 Å². The molecule has 1 saturated heterocycles. The van der Waals surface area contributed by atoms with Gasteiger partial charge in [-0.1, -0.05) is 18.2 Å². The number of piperazine rings is 1. The molecule has 1 aromatic rings. The fraction of sp³-hybridized carbons (Fsp3) is 0.455. The molecular formula is C11H15ClN4. The zero-order chi connectivity index (χ0) is 11.4. The van der Waals surface area contributed by atoms with Crippen LogP contribution in [0.1, 0.15) is 0 Å². The smallest absolute Gasteiger partial charge is 0.225 e. The van der Waals surface area contributed by atoms with E-state index in [1.165, 1.54) is 0 Å². The predicted molar refractivity (Wildman–Crippen MR) is 65.7 cm³/mol. The molecular weight excluding hydrogens is 224 g/mol. The molecule has 0 aliphatic carbocycles. The molecule has 0 N–H and O–H groups in total. The number of hydrogen-bond donors (Lipinski definition) is 0. The number of aromatic nitrogens is 2. The molecule has 86 valence electrons. The highest BCUT2D eigenvalue weighted by Crippen LogP contribution is 2.11. The fourth-order valence-electron chi connectivity index (χ4n) is 1.80. The molecule has 2 rings (SSSR count). The highest BCUT2D eigenvalue weighted by molar-refractivity contribution is 6.29. The molecule has 0 amide bonds. The minimum absolute atomic E-state index is 0.699. The third-order valence-electron chi connectivity index (χ3n) is 2.60. The molecule has 0 saturated carbocycles. The van der Waals surface area contributed by atoms with Crippen molar-refractivity contribution in [1.29, 1.82) is 0 Å². The second-order valence-electron chi connectivity index (χ2n) is 3.83. The van der Waals surface area contributed by atoms with Crippen molar-refractivity contribution in [1.82, 2.24) is 14.9 Å². The maximum Gasteiger partial charge on any atom is 0.225 e. The molecule has 1 aliphatic heterocycles. The van der Waals surface area contributed by atoms with Crippen LogP contribution in [0.5, 0.6) is 0 Å². The van der Waals surface area contributed by atoms with Gasteiger partial charge in [0.1, 0.15) is 0 Å². The summed E-state index contributed by atoms with van der Waals surface area (Å²) < 4.78 is 0. The van der Waals surface area contributed by atoms with E-state index in [9.17, 15) is 0 Å². The van der Waals surface area contributed by atoms with Crippen LogP contribution in [-0.4, -0.2) is 47.6 Å². The van der Waals surface area contributed by atoms with E-state index in [1.807, 2.05) is 6.07 Å². The van der Waals surface area contributed by atoms with Gasteiger partial charge in [0.25, 0.3) is 0 Å². The first-order valence-electron chi connectivity index (χ1n) is 5.33. The quantitative estimate of drug-likeness (QED) is 0.796. The van der Waals surface area contributed by atoms with Crippen LogP contribution < -0.4 is 4.90 Å². The van der Waals surface area contributed by atoms with Gasteiger partial charge in [-0.3, -0.25) is 4.90 Å². The van der Waals surface area contributed by atoms with Crippen molar-refractivity contribution in [3.63, 3.8) is 0 Å². The Balaban J connectivity index is 1.88. The van der Waals surface area contributed by atoms with Gasteiger partial charge in [0.05, 0.1) is 0 Å². The van der Waals surface area contributed by atoms with Crippen LogP contribution in [-0.2, 0) is 0 Å². The lowest BCUT2D eigenvalue weighted by Crippen LogP contribution is -2.47. The van der Waals surface area contributed by atoms with Crippen molar-refractivity contribution in [3.8, 4) is 0 Å². The zero-order valence-electron chi connectivity index (χ0n) is 9.14. The molecule has 0 radical (unpaired) electrons. The van der Waals surface area contributed by atoms with Gasteiger partial charge in [0.15, 0.2) is 0 Å². The normalized spacial score (nSPS) is 17.4. The summed E-state index contributed by atoms with van der Waals surface area (Å²) in [6, 6.07) is 1.83. The number of nitrogens with zero attached hydrogens (tertiary/aromatic N) is 4. The van der Waals surface area contributed by atoms with Crippen molar-refractivity contribution in [3.05, 3.63) is 30.1 Å². The molecule has 1 aromatic heterocycles. The van der Waals surface area contributed by atoms with Crippen LogP contribution in [0.4, 0.5) is 5.95 Å². The standard InChI is InChI=1S/C11H15ClN4/c1-10(12)9-15-5-7-16(8-6-15)11-13-3-2-4-14-11/h2-4H,1,5-9H2. The van der Waals surface area contributed by atoms with Crippen LogP contribution in [0, 0.1) is 0 Å². The van der Waals surface area contributed by atoms with Crippen molar-refractivity contribution in [2.24, 2.45) is 0 Å². The fourth-order valence-corrected chi connectivity index (χ4v) is 1.97. The highest BCUT2D eigenvalue weighted by Gasteiger charge is 2.18. The third kappa shape index (κ3) is 2.93. The van der Waals surface area contributed by atoms with Gasteiger partial charge in [-0.25, -0.2) is 9.97 Å². The number of rotatable bonds is 3. The topological polar surface area (TPSA) is 32.3 Å². The summed E-state index contributed by atoms with van der Waals surface area (Å²) in [6.45, 7) is 8.31. The Kier molecular flexibility index (Phi) is 3.74. The first-order chi connectivity index (χ1) is 7.75. The summed E-state index contributed by atoms with van der Waals surface area (Å²) in [5.74, 6) is 0.812. The van der Waals surface area contributed by atoms with Crippen molar-refractivity contribution in [2.75, 3.05) is 37.6 Å². The van der Waals surface area contributed by atoms with Gasteiger partial charge in [-0.2, -0.15) is 0 Å². The lowest BCUT2D eigenvalue weighted by Gasteiger charge is -2.34. The predicted octanol–water partition coefficient (Wildman–Crippen LogP) is 1.35. The molecule has 5 heteroatoms. The Hall–Kier alpha value is -1.13. The third-order valence-corrected chi connectivity index (χ3v) is 2.72. The van der Waals surface area contributed by atoms with Gasteiger partial charge in [0.2, 0.25) is 5.95 Å². The van der Waals surface area contributed by atoms with E-state index in [1.54, 1.807) is 12.4 Å². The Labute approximate surface area is 101 Å². The summed E-state index contributed by atoms with van der Waals surface area (Å²) in [5, 5.41) is 0.699. The van der Waals surface area contributed by atoms with Crippen molar-refractivity contribution < 1.29 is 0 Å². The van der Waals surface area contributed by atoms with E-state index in [-0.39, 0.29) is 0 Å². The lowest BCUT2D eigenvalue weighted by atomic mass is 10.3. The van der Waals surface area contributed by atoms with Crippen LogP contribution in [0.25, 0.3) is 0 Å². The van der Waals surface area contributed by atoms with Gasteiger partial charge in [-0.15, -0.1) is 0 Å². The van der Waals surface area contributed by atoms with Crippen LogP contribution >= 0.6 is 11.6 Å². The zero-order valence-corrected chi connectivity index (χ0v) is 9.90. The molecule has 0 atom stereocenters. The summed E-state index contributed by atoms with van der Waals surface area (Å²) in [7, 11) is 0. The average molecular weight is 239 g/mol. The molecule has 0 unspecified atom stereocenters. The lowest BCUT2D eigenvalue weighted by molar-refractivity contribution is 0.281. The van der Waals surface area contributed by atoms with Crippen molar-refractivity contribution in [2.45, 2.75) is 0 Å². The largest absolute Gasteiger partial charge is 0.338 e. The Morgan fingerprint density at radius 2 is 1.88 bits per heavy atom. The second-order valence-corrected chi connectivity index (χ2v) is 4.36. The number of hydrogen-bond acceptors (Lipinski definition) is 4. The molecule has 1 aliphatic rings. The van der Waals surface area contributed by atoms with Crippen LogP contribution in [0.3, 0.4) is 0 Å². The summed E-state index contributed by atoms with van der Waals surface area (Å²) in [6.07, 6.45) is 3.55. The van der Waals surface area contributed by atoms with Gasteiger partial charge >= 0.3 is 0 Å². The van der Waals surface area contributed by atoms with Gasteiger partial charge in [-0.05, 0) is 6.07 Å². The Morgan fingerprint density at radius 3 is 2.44 bits per heavy atom. The van der Waals surface area contributed by atoms with E-state index in [2.05, 4.69) is 26.3 Å². The first-order valence-corrected chi connectivity index (χ1v) is 5.71. The van der Waals surface area contributed by atoms with E-state index < -0.39 is 0 Å². The summed E-state index contributed by atoms with van der Waals surface area (Å²) in [4.78, 5) is 13.0. The molecule has 2 heterocycles. The molecule has 16 heavy (non-hydrogen) atoms. The maximum absolute atomic E-state index is 5.79. The van der Waals surface area contributed by atoms with Crippen molar-refractivity contribution >= 4 is 17.5 Å². The molecule has 0 aromatic carbocycles. The summed E-state index contributed by atoms with van der Waals surface area (Å²) >= 11 is 5.79. The summed E-state index contributed by atoms with van der Waals surface area (Å²) in [5.41, 5.74) is 0. The maximum atomic E-state index is 5.79. The minimum atomic E-state index is 0.699. The Morgan fingerprint density at radius 1 is 1.25 bits per heavy atom. The molecule has 0 spiro atoms. The Bertz CT molecular complexity index is 346. The van der Waals surface area contributed by atoms with Gasteiger partial charge in [0, 0.05) is 50.1 Å². The van der Waals surface area contributed by atoms with Crippen LogP contribution in [0.15, 0.2) is 30.1 Å². The first kappa shape index (κ1) is 11.4. The highest BCUT2D eigenvalue weighted by atomic mass is 35.5. The number of halogens is 1. The molecule has 1 fully saturated rings.